The quantitative estimate of drug-likeness (QED) is 0.529. The summed E-state index contributed by atoms with van der Waals surface area (Å²) in [7, 11) is 0. The van der Waals surface area contributed by atoms with Gasteiger partial charge in [0.2, 0.25) is 0 Å². The second-order valence-corrected chi connectivity index (χ2v) is 6.38. The molecule has 1 nitrogen and oxygen atoms in total. The lowest BCUT2D eigenvalue weighted by atomic mass is 10.3. The van der Waals surface area contributed by atoms with Crippen molar-refractivity contribution in [2.75, 3.05) is 0 Å². The Bertz CT molecular complexity index is 172. The number of allylic oxidation sites excluding steroid dienone is 1. The van der Waals surface area contributed by atoms with Crippen molar-refractivity contribution in [3.8, 4) is 0 Å². The molecule has 0 aliphatic carbocycles. The third-order valence-corrected chi connectivity index (χ3v) is 2.91. The molecule has 0 saturated heterocycles. The zero-order chi connectivity index (χ0) is 6.91. The molecule has 1 aliphatic rings. The molecule has 50 valence electrons. The second kappa shape index (κ2) is 2.54. The molecular weight excluding hydrogens is 245 g/mol. The molecule has 0 spiro atoms. The van der Waals surface area contributed by atoms with E-state index >= 15 is 0 Å². The predicted molar refractivity (Wildman–Crippen MR) is 51.4 cm³/mol. The van der Waals surface area contributed by atoms with Gasteiger partial charge >= 0.3 is 0 Å². The van der Waals surface area contributed by atoms with Crippen LogP contribution in [0.2, 0.25) is 0 Å². The van der Waals surface area contributed by atoms with Gasteiger partial charge in [-0.15, -0.1) is 11.8 Å². The maximum Gasteiger partial charge on any atom is 0.0887 e. The van der Waals surface area contributed by atoms with E-state index in [1.54, 1.807) is 11.8 Å². The summed E-state index contributed by atoms with van der Waals surface area (Å²) in [6.45, 7) is 2.13. The molecule has 0 saturated carbocycles. The molecule has 1 aliphatic heterocycles. The second-order valence-electron chi connectivity index (χ2n) is 2.05. The monoisotopic (exact) mass is 253 g/mol. The lowest BCUT2D eigenvalue weighted by Crippen LogP contribution is -2.10. The van der Waals surface area contributed by atoms with E-state index in [2.05, 4.69) is 35.6 Å². The first-order valence-corrected chi connectivity index (χ1v) is 4.58. The molecule has 0 bridgehead atoms. The summed E-state index contributed by atoms with van der Waals surface area (Å²) in [6, 6.07) is 0. The Hall–Kier alpha value is 0.360. The minimum absolute atomic E-state index is 0.163. The first kappa shape index (κ1) is 7.47. The Morgan fingerprint density at radius 2 is 2.44 bits per heavy atom. The van der Waals surface area contributed by atoms with Crippen LogP contribution in [-0.4, -0.2) is 2.75 Å². The van der Waals surface area contributed by atoms with E-state index in [1.807, 2.05) is 11.5 Å². The van der Waals surface area contributed by atoms with Crippen molar-refractivity contribution < 1.29 is 0 Å². The minimum Gasteiger partial charge on any atom is -0.399 e. The summed E-state index contributed by atoms with van der Waals surface area (Å²) in [5, 5.41) is 2.03. The van der Waals surface area contributed by atoms with Crippen molar-refractivity contribution in [2.24, 2.45) is 5.73 Å². The Kier molecular flexibility index (Phi) is 2.10. The van der Waals surface area contributed by atoms with Gasteiger partial charge in [0.15, 0.2) is 0 Å². The summed E-state index contributed by atoms with van der Waals surface area (Å²) in [5.41, 5.74) is 6.43. The van der Waals surface area contributed by atoms with E-state index in [-0.39, 0.29) is 2.75 Å². The number of hydrogen-bond acceptors (Lipinski definition) is 2. The summed E-state index contributed by atoms with van der Waals surface area (Å²) >= 11 is 4.14. The van der Waals surface area contributed by atoms with Crippen molar-refractivity contribution in [3.05, 3.63) is 23.3 Å². The maximum atomic E-state index is 5.57. The maximum absolute atomic E-state index is 5.57. The van der Waals surface area contributed by atoms with Crippen LogP contribution in [0.15, 0.2) is 23.3 Å². The molecule has 0 aromatic heterocycles. The van der Waals surface area contributed by atoms with E-state index < -0.39 is 0 Å². The Labute approximate surface area is 72.9 Å². The average molecular weight is 253 g/mol. The molecule has 1 heterocycles. The highest BCUT2D eigenvalue weighted by Crippen LogP contribution is 2.37. The fourth-order valence-electron chi connectivity index (χ4n) is 0.625. The van der Waals surface area contributed by atoms with Crippen LogP contribution in [0.4, 0.5) is 0 Å². The Balaban J connectivity index is 2.78. The van der Waals surface area contributed by atoms with Gasteiger partial charge in [0.05, 0.1) is 2.75 Å². The van der Waals surface area contributed by atoms with Crippen molar-refractivity contribution in [2.45, 2.75) is 9.68 Å². The molecular formula is C6H8INS. The van der Waals surface area contributed by atoms with Gasteiger partial charge < -0.3 is 5.73 Å². The molecule has 0 aromatic carbocycles. The summed E-state index contributed by atoms with van der Waals surface area (Å²) in [4.78, 5) is 0. The number of halogens is 1. The lowest BCUT2D eigenvalue weighted by molar-refractivity contribution is 1.17. The summed E-state index contributed by atoms with van der Waals surface area (Å²) in [6.07, 6.45) is 3.98. The highest BCUT2D eigenvalue weighted by molar-refractivity contribution is 14.1. The van der Waals surface area contributed by atoms with Crippen molar-refractivity contribution in [3.63, 3.8) is 0 Å². The molecule has 0 radical (unpaired) electrons. The van der Waals surface area contributed by atoms with Crippen LogP contribution in [0, 0.1) is 0 Å². The van der Waals surface area contributed by atoms with E-state index in [1.165, 1.54) is 0 Å². The van der Waals surface area contributed by atoms with Gasteiger partial charge in [-0.3, -0.25) is 0 Å². The van der Waals surface area contributed by atoms with E-state index in [9.17, 15) is 0 Å². The highest BCUT2D eigenvalue weighted by atomic mass is 127. The van der Waals surface area contributed by atoms with E-state index in [0.29, 0.717) is 0 Å². The molecule has 3 heteroatoms. The molecule has 1 atom stereocenters. The molecule has 9 heavy (non-hydrogen) atoms. The van der Waals surface area contributed by atoms with Crippen molar-refractivity contribution in [1.82, 2.24) is 0 Å². The van der Waals surface area contributed by atoms with Crippen LogP contribution in [0.3, 0.4) is 0 Å². The van der Waals surface area contributed by atoms with Gasteiger partial charge in [0.25, 0.3) is 0 Å². The topological polar surface area (TPSA) is 26.0 Å². The molecule has 0 amide bonds. The molecule has 2 N–H and O–H groups in total. The van der Waals surface area contributed by atoms with Crippen LogP contribution in [-0.2, 0) is 0 Å². The van der Waals surface area contributed by atoms with Crippen molar-refractivity contribution >= 4 is 34.4 Å². The van der Waals surface area contributed by atoms with Crippen LogP contribution in [0.5, 0.6) is 0 Å². The van der Waals surface area contributed by atoms with Crippen LogP contribution in [0.1, 0.15) is 6.92 Å². The normalized spacial score (nSPS) is 34.2. The molecule has 0 fully saturated rings. The summed E-state index contributed by atoms with van der Waals surface area (Å²) in [5.74, 6) is 0. The third kappa shape index (κ3) is 2.21. The summed E-state index contributed by atoms with van der Waals surface area (Å²) < 4.78 is 0.163. The Morgan fingerprint density at radius 3 is 2.78 bits per heavy atom. The zero-order valence-electron chi connectivity index (χ0n) is 5.10. The first-order chi connectivity index (χ1) is 4.10. The highest BCUT2D eigenvalue weighted by Gasteiger charge is 2.18. The first-order valence-electron chi connectivity index (χ1n) is 2.62. The predicted octanol–water partition coefficient (Wildman–Crippen LogP) is 2.24. The minimum atomic E-state index is 0.163. The molecule has 1 rings (SSSR count). The van der Waals surface area contributed by atoms with Gasteiger partial charge in [-0.25, -0.2) is 0 Å². The molecule has 1 unspecified atom stereocenters. The van der Waals surface area contributed by atoms with Gasteiger partial charge in [-0.05, 0) is 24.5 Å². The smallest absolute Gasteiger partial charge is 0.0887 e. The largest absolute Gasteiger partial charge is 0.399 e. The number of alkyl halides is 1. The number of rotatable bonds is 0. The van der Waals surface area contributed by atoms with Gasteiger partial charge in [0.1, 0.15) is 0 Å². The number of nitrogens with two attached hydrogens (primary N) is 1. The van der Waals surface area contributed by atoms with Crippen LogP contribution >= 0.6 is 34.4 Å². The fraction of sp³-hybridized carbons (Fsp3) is 0.333. The van der Waals surface area contributed by atoms with Gasteiger partial charge in [-0.2, -0.15) is 0 Å². The zero-order valence-corrected chi connectivity index (χ0v) is 8.07. The number of thioether (sulfide) groups is 1. The SMILES string of the molecule is CC1(I)C=C(N)C=CS1. The molecule has 0 aromatic rings. The van der Waals surface area contributed by atoms with Gasteiger partial charge in [0, 0.05) is 5.70 Å². The lowest BCUT2D eigenvalue weighted by Gasteiger charge is -2.18. The van der Waals surface area contributed by atoms with Gasteiger partial charge in [-0.1, -0.05) is 22.6 Å². The number of hydrogen-bond donors (Lipinski definition) is 1. The third-order valence-electron chi connectivity index (χ3n) is 0.983. The van der Waals surface area contributed by atoms with E-state index in [4.69, 9.17) is 5.73 Å². The fourth-order valence-corrected chi connectivity index (χ4v) is 2.12. The van der Waals surface area contributed by atoms with Crippen LogP contribution < -0.4 is 5.73 Å². The Morgan fingerprint density at radius 1 is 1.78 bits per heavy atom. The van der Waals surface area contributed by atoms with E-state index in [0.717, 1.165) is 5.70 Å². The van der Waals surface area contributed by atoms with Crippen LogP contribution in [0.25, 0.3) is 0 Å². The average Bonchev–Trinajstić information content (AvgIpc) is 1.60. The standard InChI is InChI=1S/C6H8INS/c1-6(7)4-5(8)2-3-9-6/h2-4H,8H2,1H3. The van der Waals surface area contributed by atoms with Crippen molar-refractivity contribution in [1.29, 1.82) is 0 Å².